The number of aromatic nitrogens is 3. The summed E-state index contributed by atoms with van der Waals surface area (Å²) in [7, 11) is 3.15. The van der Waals surface area contributed by atoms with Crippen LogP contribution < -0.4 is 9.47 Å². The van der Waals surface area contributed by atoms with E-state index in [1.54, 1.807) is 31.0 Å². The molecule has 7 heteroatoms. The lowest BCUT2D eigenvalue weighted by Gasteiger charge is -2.11. The summed E-state index contributed by atoms with van der Waals surface area (Å²) >= 11 is 0. The molecule has 112 valence electrons. The molecule has 7 nitrogen and oxygen atoms in total. The van der Waals surface area contributed by atoms with Crippen molar-refractivity contribution in [2.45, 2.75) is 19.8 Å². The molecule has 1 heterocycles. The Bertz CT molecular complexity index is 652. The van der Waals surface area contributed by atoms with Gasteiger partial charge in [0.05, 0.1) is 32.0 Å². The molecular formula is C14H17N3O4. The topological polar surface area (TPSA) is 86.5 Å². The SMILES string of the molecule is COc1ccc(-n2nnc(CCC(=O)O)c2C)c(OC)c1. The zero-order valence-electron chi connectivity index (χ0n) is 12.2. The highest BCUT2D eigenvalue weighted by Crippen LogP contribution is 2.28. The smallest absolute Gasteiger partial charge is 0.303 e. The Morgan fingerprint density at radius 2 is 2.10 bits per heavy atom. The molecule has 0 bridgehead atoms. The quantitative estimate of drug-likeness (QED) is 0.870. The number of carbonyl (C=O) groups is 1. The van der Waals surface area contributed by atoms with Crippen molar-refractivity contribution in [3.8, 4) is 17.2 Å². The van der Waals surface area contributed by atoms with Crippen molar-refractivity contribution in [2.24, 2.45) is 0 Å². The van der Waals surface area contributed by atoms with Crippen LogP contribution in [0.1, 0.15) is 17.8 Å². The summed E-state index contributed by atoms with van der Waals surface area (Å²) in [6.07, 6.45) is 0.374. The molecular weight excluding hydrogens is 274 g/mol. The highest BCUT2D eigenvalue weighted by Gasteiger charge is 2.15. The summed E-state index contributed by atoms with van der Waals surface area (Å²) in [5, 5.41) is 16.9. The van der Waals surface area contributed by atoms with Gasteiger partial charge in [-0.05, 0) is 19.1 Å². The van der Waals surface area contributed by atoms with E-state index in [4.69, 9.17) is 14.6 Å². The molecule has 0 unspecified atom stereocenters. The van der Waals surface area contributed by atoms with Gasteiger partial charge in [-0.25, -0.2) is 4.68 Å². The Hall–Kier alpha value is -2.57. The number of aliphatic carboxylic acids is 1. The van der Waals surface area contributed by atoms with Crippen LogP contribution in [0.5, 0.6) is 11.5 Å². The van der Waals surface area contributed by atoms with Crippen LogP contribution in [0.4, 0.5) is 0 Å². The van der Waals surface area contributed by atoms with Gasteiger partial charge >= 0.3 is 5.97 Å². The molecule has 2 rings (SSSR count). The second-order valence-electron chi connectivity index (χ2n) is 4.46. The molecule has 0 fully saturated rings. The van der Waals surface area contributed by atoms with E-state index in [1.807, 2.05) is 13.0 Å². The maximum absolute atomic E-state index is 10.6. The van der Waals surface area contributed by atoms with E-state index in [0.29, 0.717) is 23.6 Å². The third-order valence-electron chi connectivity index (χ3n) is 3.18. The molecule has 1 N–H and O–H groups in total. The normalized spacial score (nSPS) is 10.4. The molecule has 1 aromatic heterocycles. The van der Waals surface area contributed by atoms with Gasteiger partial charge < -0.3 is 14.6 Å². The maximum Gasteiger partial charge on any atom is 0.303 e. The van der Waals surface area contributed by atoms with E-state index in [0.717, 1.165) is 11.4 Å². The van der Waals surface area contributed by atoms with Crippen molar-refractivity contribution in [3.63, 3.8) is 0 Å². The molecule has 0 saturated heterocycles. The number of aryl methyl sites for hydroxylation is 1. The van der Waals surface area contributed by atoms with Crippen molar-refractivity contribution in [1.82, 2.24) is 15.0 Å². The zero-order chi connectivity index (χ0) is 15.4. The summed E-state index contributed by atoms with van der Waals surface area (Å²) in [6.45, 7) is 1.85. The van der Waals surface area contributed by atoms with Gasteiger partial charge in [-0.1, -0.05) is 5.21 Å². The van der Waals surface area contributed by atoms with Crippen LogP contribution in [0.3, 0.4) is 0 Å². The number of hydrogen-bond acceptors (Lipinski definition) is 5. The number of nitrogens with zero attached hydrogens (tertiary/aromatic N) is 3. The number of carboxylic acid groups (broad SMARTS) is 1. The molecule has 0 amide bonds. The second-order valence-corrected chi connectivity index (χ2v) is 4.46. The van der Waals surface area contributed by atoms with E-state index in [1.165, 1.54) is 0 Å². The van der Waals surface area contributed by atoms with Crippen molar-refractivity contribution >= 4 is 5.97 Å². The summed E-state index contributed by atoms with van der Waals surface area (Å²) in [5.74, 6) is 0.428. The van der Waals surface area contributed by atoms with Gasteiger partial charge in [0.1, 0.15) is 17.2 Å². The first kappa shape index (κ1) is 14.8. The number of hydrogen-bond donors (Lipinski definition) is 1. The first-order valence-electron chi connectivity index (χ1n) is 6.42. The molecule has 0 saturated carbocycles. The average Bonchev–Trinajstić information content (AvgIpc) is 2.85. The molecule has 0 aliphatic rings. The van der Waals surface area contributed by atoms with Gasteiger partial charge in [-0.3, -0.25) is 4.79 Å². The summed E-state index contributed by atoms with van der Waals surface area (Å²) < 4.78 is 12.1. The van der Waals surface area contributed by atoms with Crippen LogP contribution >= 0.6 is 0 Å². The number of ether oxygens (including phenoxy) is 2. The number of carboxylic acids is 1. The van der Waals surface area contributed by atoms with E-state index in [2.05, 4.69) is 10.3 Å². The summed E-state index contributed by atoms with van der Waals surface area (Å²) in [5.41, 5.74) is 2.18. The summed E-state index contributed by atoms with van der Waals surface area (Å²) in [6, 6.07) is 5.38. The summed E-state index contributed by atoms with van der Waals surface area (Å²) in [4.78, 5) is 10.6. The van der Waals surface area contributed by atoms with Gasteiger partial charge in [-0.2, -0.15) is 0 Å². The number of methoxy groups -OCH3 is 2. The standard InChI is InChI=1S/C14H17N3O4/c1-9-11(5-7-14(18)19)15-16-17(9)12-6-4-10(20-2)8-13(12)21-3/h4,6,8H,5,7H2,1-3H3,(H,18,19). The molecule has 0 aliphatic carbocycles. The number of benzene rings is 1. The molecule has 21 heavy (non-hydrogen) atoms. The van der Waals surface area contributed by atoms with Crippen LogP contribution in [0, 0.1) is 6.92 Å². The molecule has 0 aliphatic heterocycles. The fraction of sp³-hybridized carbons (Fsp3) is 0.357. The predicted octanol–water partition coefficient (Wildman–Crippen LogP) is 1.61. The minimum Gasteiger partial charge on any atom is -0.497 e. The lowest BCUT2D eigenvalue weighted by molar-refractivity contribution is -0.136. The molecule has 0 radical (unpaired) electrons. The van der Waals surface area contributed by atoms with Crippen LogP contribution in [0.2, 0.25) is 0 Å². The Balaban J connectivity index is 2.36. The Labute approximate surface area is 122 Å². The minimum absolute atomic E-state index is 0.0271. The first-order valence-corrected chi connectivity index (χ1v) is 6.42. The van der Waals surface area contributed by atoms with E-state index in [9.17, 15) is 4.79 Å². The fourth-order valence-electron chi connectivity index (χ4n) is 2.01. The Morgan fingerprint density at radius 1 is 1.33 bits per heavy atom. The molecule has 2 aromatic rings. The monoisotopic (exact) mass is 291 g/mol. The third kappa shape index (κ3) is 3.13. The van der Waals surface area contributed by atoms with E-state index < -0.39 is 5.97 Å². The molecule has 0 atom stereocenters. The molecule has 0 spiro atoms. The van der Waals surface area contributed by atoms with Crippen molar-refractivity contribution in [1.29, 1.82) is 0 Å². The van der Waals surface area contributed by atoms with Crippen molar-refractivity contribution in [2.75, 3.05) is 14.2 Å². The lowest BCUT2D eigenvalue weighted by atomic mass is 10.2. The number of rotatable bonds is 6. The molecule has 1 aromatic carbocycles. The van der Waals surface area contributed by atoms with Crippen LogP contribution in [-0.2, 0) is 11.2 Å². The largest absolute Gasteiger partial charge is 0.497 e. The Morgan fingerprint density at radius 3 is 2.71 bits per heavy atom. The van der Waals surface area contributed by atoms with Crippen molar-refractivity contribution in [3.05, 3.63) is 29.6 Å². The fourth-order valence-corrected chi connectivity index (χ4v) is 2.01. The highest BCUT2D eigenvalue weighted by atomic mass is 16.5. The predicted molar refractivity (Wildman–Crippen MR) is 75.2 cm³/mol. The van der Waals surface area contributed by atoms with Gasteiger partial charge in [0.15, 0.2) is 0 Å². The van der Waals surface area contributed by atoms with Gasteiger partial charge in [-0.15, -0.1) is 5.10 Å². The second kappa shape index (κ2) is 6.25. The maximum atomic E-state index is 10.6. The third-order valence-corrected chi connectivity index (χ3v) is 3.18. The van der Waals surface area contributed by atoms with E-state index >= 15 is 0 Å². The van der Waals surface area contributed by atoms with Crippen LogP contribution in [0.25, 0.3) is 5.69 Å². The van der Waals surface area contributed by atoms with Gasteiger partial charge in [0.25, 0.3) is 0 Å². The van der Waals surface area contributed by atoms with Crippen LogP contribution in [0.15, 0.2) is 18.2 Å². The zero-order valence-corrected chi connectivity index (χ0v) is 12.2. The van der Waals surface area contributed by atoms with Crippen LogP contribution in [-0.4, -0.2) is 40.3 Å². The van der Waals surface area contributed by atoms with E-state index in [-0.39, 0.29) is 6.42 Å². The lowest BCUT2D eigenvalue weighted by Crippen LogP contribution is -2.03. The minimum atomic E-state index is -0.856. The van der Waals surface area contributed by atoms with Gasteiger partial charge in [0, 0.05) is 12.5 Å². The highest BCUT2D eigenvalue weighted by molar-refractivity contribution is 5.67. The average molecular weight is 291 g/mol. The first-order chi connectivity index (χ1) is 10.1. The Kier molecular flexibility index (Phi) is 4.42. The van der Waals surface area contributed by atoms with Gasteiger partial charge in [0.2, 0.25) is 0 Å². The van der Waals surface area contributed by atoms with Crippen molar-refractivity contribution < 1.29 is 19.4 Å².